The zero-order chi connectivity index (χ0) is 15.4. The Labute approximate surface area is 134 Å². The number of fused-ring (bicyclic) bond motifs is 1. The molecule has 2 aromatic heterocycles. The van der Waals surface area contributed by atoms with E-state index in [2.05, 4.69) is 32.6 Å². The van der Waals surface area contributed by atoms with E-state index in [1.165, 1.54) is 0 Å². The van der Waals surface area contributed by atoms with E-state index >= 15 is 0 Å². The second kappa shape index (κ2) is 6.63. The molecule has 0 spiro atoms. The molecule has 0 aliphatic carbocycles. The largest absolute Gasteiger partial charge is 0.303 e. The fraction of sp³-hybridized carbons (Fsp3) is 0.235. The number of terminal acetylenes is 1. The Morgan fingerprint density at radius 1 is 1.23 bits per heavy atom. The summed E-state index contributed by atoms with van der Waals surface area (Å²) in [6, 6.07) is 10.2. The van der Waals surface area contributed by atoms with Gasteiger partial charge in [-0.2, -0.15) is 0 Å². The number of aromatic nitrogens is 4. The minimum Gasteiger partial charge on any atom is -0.303 e. The molecule has 0 aliphatic heterocycles. The van der Waals surface area contributed by atoms with Crippen molar-refractivity contribution >= 4 is 22.9 Å². The van der Waals surface area contributed by atoms with Crippen LogP contribution in [0.15, 0.2) is 46.7 Å². The number of hydrogen-bond acceptors (Lipinski definition) is 4. The fourth-order valence-corrected chi connectivity index (χ4v) is 3.17. The summed E-state index contributed by atoms with van der Waals surface area (Å²) >= 11 is 1.64. The second-order valence-corrected chi connectivity index (χ2v) is 5.94. The third kappa shape index (κ3) is 2.97. The van der Waals surface area contributed by atoms with Gasteiger partial charge < -0.3 is 4.57 Å². The van der Waals surface area contributed by atoms with Crippen molar-refractivity contribution in [3.05, 3.63) is 42.4 Å². The molecule has 22 heavy (non-hydrogen) atoms. The molecule has 5 heteroatoms. The average Bonchev–Trinajstić information content (AvgIpc) is 2.88. The molecule has 3 aromatic rings. The summed E-state index contributed by atoms with van der Waals surface area (Å²) in [4.78, 5) is 14.5. The summed E-state index contributed by atoms with van der Waals surface area (Å²) in [5, 5.41) is 0.932. The van der Waals surface area contributed by atoms with Gasteiger partial charge in [0.05, 0.1) is 5.69 Å². The maximum absolute atomic E-state index is 5.36. The molecule has 0 aliphatic rings. The first kappa shape index (κ1) is 14.6. The van der Waals surface area contributed by atoms with Gasteiger partial charge in [0.25, 0.3) is 0 Å². The highest BCUT2D eigenvalue weighted by atomic mass is 32.2. The highest BCUT2D eigenvalue weighted by Crippen LogP contribution is 2.30. The van der Waals surface area contributed by atoms with Crippen LogP contribution >= 0.6 is 11.8 Å². The van der Waals surface area contributed by atoms with Crippen molar-refractivity contribution in [2.24, 2.45) is 0 Å². The molecule has 0 saturated heterocycles. The quantitative estimate of drug-likeness (QED) is 0.532. The van der Waals surface area contributed by atoms with Gasteiger partial charge in [0.2, 0.25) is 0 Å². The zero-order valence-corrected chi connectivity index (χ0v) is 13.2. The smallest absolute Gasteiger partial charge is 0.175 e. The Morgan fingerprint density at radius 2 is 2.05 bits per heavy atom. The summed E-state index contributed by atoms with van der Waals surface area (Å²) in [5.74, 6) is 2.69. The minimum absolute atomic E-state index is 0.749. The Kier molecular flexibility index (Phi) is 4.40. The number of nitrogens with zero attached hydrogens (tertiary/aromatic N) is 4. The van der Waals surface area contributed by atoms with Crippen molar-refractivity contribution in [3.63, 3.8) is 0 Å². The summed E-state index contributed by atoms with van der Waals surface area (Å²) in [6.45, 7) is 2.77. The first-order chi connectivity index (χ1) is 10.8. The van der Waals surface area contributed by atoms with Crippen LogP contribution in [0.1, 0.15) is 18.5 Å². The number of imidazole rings is 1. The molecule has 0 atom stereocenters. The fourth-order valence-electron chi connectivity index (χ4n) is 2.24. The maximum atomic E-state index is 5.36. The molecule has 0 unspecified atom stereocenters. The van der Waals surface area contributed by atoms with Crippen LogP contribution in [0, 0.1) is 19.3 Å². The van der Waals surface area contributed by atoms with E-state index in [-0.39, 0.29) is 0 Å². The number of unbranched alkanes of at least 4 members (excludes halogenated alkanes) is 1. The van der Waals surface area contributed by atoms with Crippen LogP contribution in [0.5, 0.6) is 0 Å². The van der Waals surface area contributed by atoms with Gasteiger partial charge in [-0.05, 0) is 25.5 Å². The summed E-state index contributed by atoms with van der Waals surface area (Å²) in [7, 11) is 0. The lowest BCUT2D eigenvalue weighted by atomic mass is 10.3. The molecular formula is C17H16N4S. The third-order valence-corrected chi connectivity index (χ3v) is 4.34. The van der Waals surface area contributed by atoms with E-state index in [0.717, 1.165) is 46.3 Å². The van der Waals surface area contributed by atoms with Crippen LogP contribution in [0.3, 0.4) is 0 Å². The van der Waals surface area contributed by atoms with Crippen molar-refractivity contribution in [1.82, 2.24) is 19.5 Å². The molecule has 0 amide bonds. The molecule has 0 fully saturated rings. The Bertz CT molecular complexity index is 818. The van der Waals surface area contributed by atoms with Crippen molar-refractivity contribution < 1.29 is 0 Å². The van der Waals surface area contributed by atoms with Crippen molar-refractivity contribution in [2.75, 3.05) is 0 Å². The highest BCUT2D eigenvalue weighted by molar-refractivity contribution is 7.99. The molecule has 0 bridgehead atoms. The molecule has 4 nitrogen and oxygen atoms in total. The van der Waals surface area contributed by atoms with Gasteiger partial charge in [0.1, 0.15) is 11.8 Å². The van der Waals surface area contributed by atoms with E-state index in [4.69, 9.17) is 11.4 Å². The van der Waals surface area contributed by atoms with Gasteiger partial charge in [0, 0.05) is 17.9 Å². The molecule has 3 rings (SSSR count). The first-order valence-electron chi connectivity index (χ1n) is 7.14. The molecule has 1 aromatic carbocycles. The van der Waals surface area contributed by atoms with Crippen LogP contribution in [0.25, 0.3) is 11.2 Å². The average molecular weight is 308 g/mol. The van der Waals surface area contributed by atoms with Crippen LogP contribution in [0.4, 0.5) is 0 Å². The lowest BCUT2D eigenvalue weighted by molar-refractivity contribution is 0.615. The van der Waals surface area contributed by atoms with Gasteiger partial charge >= 0.3 is 0 Å². The molecule has 0 N–H and O–H groups in total. The van der Waals surface area contributed by atoms with Crippen molar-refractivity contribution in [2.45, 2.75) is 36.4 Å². The Morgan fingerprint density at radius 3 is 2.82 bits per heavy atom. The number of benzene rings is 1. The van der Waals surface area contributed by atoms with Crippen LogP contribution in [-0.4, -0.2) is 19.5 Å². The van der Waals surface area contributed by atoms with Crippen LogP contribution in [-0.2, 0) is 6.54 Å². The lowest BCUT2D eigenvalue weighted by Crippen LogP contribution is -2.01. The summed E-state index contributed by atoms with van der Waals surface area (Å²) in [6.07, 6.45) is 8.61. The van der Waals surface area contributed by atoms with E-state index in [1.807, 2.05) is 25.1 Å². The monoisotopic (exact) mass is 308 g/mol. The Hall–Kier alpha value is -2.32. The summed E-state index contributed by atoms with van der Waals surface area (Å²) < 4.78 is 2.14. The topological polar surface area (TPSA) is 43.6 Å². The van der Waals surface area contributed by atoms with Gasteiger partial charge in [-0.1, -0.05) is 30.0 Å². The van der Waals surface area contributed by atoms with E-state index < -0.39 is 0 Å². The van der Waals surface area contributed by atoms with Gasteiger partial charge in [0.15, 0.2) is 10.8 Å². The predicted octanol–water partition coefficient (Wildman–Crippen LogP) is 3.70. The number of aryl methyl sites for hydroxylation is 2. The SMILES string of the molecule is C#CCCCn1c(Sc2ccccc2)nc2c(C)ncnc21. The zero-order valence-electron chi connectivity index (χ0n) is 12.4. The lowest BCUT2D eigenvalue weighted by Gasteiger charge is -2.07. The van der Waals surface area contributed by atoms with Crippen LogP contribution in [0.2, 0.25) is 0 Å². The standard InChI is InChI=1S/C17H16N4S/c1-3-4-8-11-21-16-15(13(2)18-12-19-16)20-17(21)22-14-9-6-5-7-10-14/h1,5-7,9-10,12H,4,8,11H2,2H3. The second-order valence-electron chi connectivity index (χ2n) is 4.90. The predicted molar refractivity (Wildman–Crippen MR) is 88.7 cm³/mol. The highest BCUT2D eigenvalue weighted by Gasteiger charge is 2.14. The van der Waals surface area contributed by atoms with E-state index in [1.54, 1.807) is 18.1 Å². The van der Waals surface area contributed by atoms with E-state index in [0.29, 0.717) is 0 Å². The van der Waals surface area contributed by atoms with Crippen molar-refractivity contribution in [3.8, 4) is 12.3 Å². The van der Waals surface area contributed by atoms with Gasteiger partial charge in [-0.25, -0.2) is 15.0 Å². The van der Waals surface area contributed by atoms with Crippen LogP contribution < -0.4 is 0 Å². The molecule has 0 radical (unpaired) electrons. The van der Waals surface area contributed by atoms with Crippen molar-refractivity contribution in [1.29, 1.82) is 0 Å². The molecule has 0 saturated carbocycles. The number of rotatable bonds is 5. The molecule has 2 heterocycles. The van der Waals surface area contributed by atoms with E-state index in [9.17, 15) is 0 Å². The normalized spacial score (nSPS) is 10.7. The van der Waals surface area contributed by atoms with Gasteiger partial charge in [-0.15, -0.1) is 12.3 Å². The molecule has 110 valence electrons. The summed E-state index contributed by atoms with van der Waals surface area (Å²) in [5.41, 5.74) is 2.64. The first-order valence-corrected chi connectivity index (χ1v) is 7.95. The maximum Gasteiger partial charge on any atom is 0.175 e. The molecular weight excluding hydrogens is 292 g/mol. The van der Waals surface area contributed by atoms with Gasteiger partial charge in [-0.3, -0.25) is 0 Å². The minimum atomic E-state index is 0.749. The third-order valence-electron chi connectivity index (χ3n) is 3.34. The Balaban J connectivity index is 2.01. The number of hydrogen-bond donors (Lipinski definition) is 0.